The maximum absolute atomic E-state index is 11.8. The van der Waals surface area contributed by atoms with Crippen LogP contribution >= 0.6 is 11.6 Å². The molecule has 0 aromatic heterocycles. The van der Waals surface area contributed by atoms with Crippen LogP contribution in [0.1, 0.15) is 10.4 Å². The van der Waals surface area contributed by atoms with E-state index >= 15 is 0 Å². The van der Waals surface area contributed by atoms with E-state index in [1.54, 1.807) is 33.5 Å². The lowest BCUT2D eigenvalue weighted by Crippen LogP contribution is -1.95. The molecule has 3 aromatic rings. The summed E-state index contributed by atoms with van der Waals surface area (Å²) in [6, 6.07) is 11.0. The predicted molar refractivity (Wildman–Crippen MR) is 91.3 cm³/mol. The van der Waals surface area contributed by atoms with Gasteiger partial charge in [-0.15, -0.1) is 0 Å². The molecule has 5 heteroatoms. The van der Waals surface area contributed by atoms with E-state index in [-0.39, 0.29) is 0 Å². The highest BCUT2D eigenvalue weighted by Gasteiger charge is 2.15. The Hall–Kier alpha value is -2.46. The minimum absolute atomic E-state index is 0.448. The molecule has 0 radical (unpaired) electrons. The standard InChI is InChI=1S/C18H15ClO4/c1-21-11-4-5-12-14(8-11)13-9-17(23-3)16(22-2)7-10(13)6-15(12)18(19)20/h4-9H,1-3H3. The van der Waals surface area contributed by atoms with Crippen molar-refractivity contribution in [2.24, 2.45) is 0 Å². The van der Waals surface area contributed by atoms with E-state index in [0.29, 0.717) is 22.8 Å². The minimum Gasteiger partial charge on any atom is -0.497 e. The first-order chi connectivity index (χ1) is 11.1. The Morgan fingerprint density at radius 1 is 0.826 bits per heavy atom. The number of hydrogen-bond acceptors (Lipinski definition) is 4. The van der Waals surface area contributed by atoms with E-state index in [9.17, 15) is 4.79 Å². The zero-order chi connectivity index (χ0) is 16.6. The summed E-state index contributed by atoms with van der Waals surface area (Å²) >= 11 is 5.76. The van der Waals surface area contributed by atoms with E-state index in [0.717, 1.165) is 21.5 Å². The Bertz CT molecular complexity index is 918. The molecule has 118 valence electrons. The predicted octanol–water partition coefficient (Wildman–Crippen LogP) is 4.40. The quantitative estimate of drug-likeness (QED) is 0.525. The molecule has 0 aliphatic rings. The molecule has 0 saturated heterocycles. The number of methoxy groups -OCH3 is 3. The summed E-state index contributed by atoms with van der Waals surface area (Å²) in [4.78, 5) is 11.8. The zero-order valence-corrected chi connectivity index (χ0v) is 13.7. The van der Waals surface area contributed by atoms with E-state index in [2.05, 4.69) is 0 Å². The molecular weight excluding hydrogens is 316 g/mol. The highest BCUT2D eigenvalue weighted by molar-refractivity contribution is 6.68. The summed E-state index contributed by atoms with van der Waals surface area (Å²) < 4.78 is 16.0. The van der Waals surface area contributed by atoms with Crippen molar-refractivity contribution in [3.05, 3.63) is 42.0 Å². The Morgan fingerprint density at radius 2 is 1.52 bits per heavy atom. The maximum Gasteiger partial charge on any atom is 0.253 e. The van der Waals surface area contributed by atoms with Gasteiger partial charge < -0.3 is 14.2 Å². The third kappa shape index (κ3) is 2.55. The Balaban J connectivity index is 2.49. The molecule has 0 aliphatic carbocycles. The lowest BCUT2D eigenvalue weighted by molar-refractivity contribution is 0.108. The molecule has 0 unspecified atom stereocenters. The fourth-order valence-electron chi connectivity index (χ4n) is 2.75. The van der Waals surface area contributed by atoms with Crippen molar-refractivity contribution in [1.29, 1.82) is 0 Å². The number of fused-ring (bicyclic) bond motifs is 3. The molecule has 3 aromatic carbocycles. The molecule has 3 rings (SSSR count). The van der Waals surface area contributed by atoms with Crippen molar-refractivity contribution in [2.75, 3.05) is 21.3 Å². The lowest BCUT2D eigenvalue weighted by atomic mass is 9.97. The summed E-state index contributed by atoms with van der Waals surface area (Å²) in [6.07, 6.45) is 0. The van der Waals surface area contributed by atoms with Crippen molar-refractivity contribution < 1.29 is 19.0 Å². The molecule has 0 heterocycles. The van der Waals surface area contributed by atoms with Crippen molar-refractivity contribution >= 4 is 38.4 Å². The normalized spacial score (nSPS) is 10.8. The van der Waals surface area contributed by atoms with Crippen LogP contribution in [-0.4, -0.2) is 26.6 Å². The third-order valence-corrected chi connectivity index (χ3v) is 4.08. The summed E-state index contributed by atoms with van der Waals surface area (Å²) in [6.45, 7) is 0. The third-order valence-electron chi connectivity index (χ3n) is 3.87. The molecular formula is C18H15ClO4. The van der Waals surface area contributed by atoms with Gasteiger partial charge >= 0.3 is 0 Å². The SMILES string of the molecule is COc1ccc2c(C(=O)Cl)cc3cc(OC)c(OC)cc3c2c1. The summed E-state index contributed by atoms with van der Waals surface area (Å²) in [7, 11) is 4.76. The van der Waals surface area contributed by atoms with Crippen LogP contribution in [0.4, 0.5) is 0 Å². The van der Waals surface area contributed by atoms with E-state index in [1.807, 2.05) is 24.3 Å². The van der Waals surface area contributed by atoms with Crippen molar-refractivity contribution in [3.63, 3.8) is 0 Å². The summed E-state index contributed by atoms with van der Waals surface area (Å²) in [5.74, 6) is 1.91. The number of carbonyl (C=O) groups excluding carboxylic acids is 1. The monoisotopic (exact) mass is 330 g/mol. The van der Waals surface area contributed by atoms with Gasteiger partial charge in [-0.25, -0.2) is 0 Å². The highest BCUT2D eigenvalue weighted by atomic mass is 35.5. The Labute approximate surface area is 138 Å². The van der Waals surface area contributed by atoms with Crippen LogP contribution < -0.4 is 14.2 Å². The van der Waals surface area contributed by atoms with Crippen molar-refractivity contribution in [3.8, 4) is 17.2 Å². The molecule has 0 aliphatic heterocycles. The van der Waals surface area contributed by atoms with Gasteiger partial charge in [-0.2, -0.15) is 0 Å². The smallest absolute Gasteiger partial charge is 0.253 e. The van der Waals surface area contributed by atoms with Crippen LogP contribution in [-0.2, 0) is 0 Å². The number of benzene rings is 3. The molecule has 0 spiro atoms. The molecule has 0 fully saturated rings. The summed E-state index contributed by atoms with van der Waals surface area (Å²) in [5.41, 5.74) is 0.448. The largest absolute Gasteiger partial charge is 0.497 e. The fraction of sp³-hybridized carbons (Fsp3) is 0.167. The summed E-state index contributed by atoms with van der Waals surface area (Å²) in [5, 5.41) is 2.90. The second kappa shape index (κ2) is 5.97. The van der Waals surface area contributed by atoms with Gasteiger partial charge in [0, 0.05) is 5.56 Å². The number of halogens is 1. The second-order valence-electron chi connectivity index (χ2n) is 5.04. The maximum atomic E-state index is 11.8. The van der Waals surface area contributed by atoms with Gasteiger partial charge in [0.1, 0.15) is 5.75 Å². The molecule has 4 nitrogen and oxygen atoms in total. The molecule has 0 bridgehead atoms. The first kappa shape index (κ1) is 15.4. The number of rotatable bonds is 4. The van der Waals surface area contributed by atoms with E-state index < -0.39 is 5.24 Å². The lowest BCUT2D eigenvalue weighted by Gasteiger charge is -2.13. The van der Waals surface area contributed by atoms with Crippen LogP contribution in [0, 0.1) is 0 Å². The average molecular weight is 331 g/mol. The van der Waals surface area contributed by atoms with Crippen LogP contribution in [0.3, 0.4) is 0 Å². The van der Waals surface area contributed by atoms with Crippen LogP contribution in [0.25, 0.3) is 21.5 Å². The zero-order valence-electron chi connectivity index (χ0n) is 13.0. The van der Waals surface area contributed by atoms with Gasteiger partial charge in [0.15, 0.2) is 11.5 Å². The second-order valence-corrected chi connectivity index (χ2v) is 5.38. The van der Waals surface area contributed by atoms with Crippen LogP contribution in [0.2, 0.25) is 0 Å². The highest BCUT2D eigenvalue weighted by Crippen LogP contribution is 2.38. The van der Waals surface area contributed by atoms with Gasteiger partial charge in [-0.1, -0.05) is 0 Å². The van der Waals surface area contributed by atoms with Gasteiger partial charge in [0.2, 0.25) is 0 Å². The molecule has 0 N–H and O–H groups in total. The number of hydrogen-bond donors (Lipinski definition) is 0. The molecule has 0 atom stereocenters. The minimum atomic E-state index is -0.503. The van der Waals surface area contributed by atoms with Crippen LogP contribution in [0.15, 0.2) is 36.4 Å². The number of ether oxygens (including phenoxy) is 3. The van der Waals surface area contributed by atoms with Gasteiger partial charge in [0.05, 0.1) is 21.3 Å². The van der Waals surface area contributed by atoms with Gasteiger partial charge in [-0.05, 0) is 69.5 Å². The molecule has 0 amide bonds. The average Bonchev–Trinajstić information content (AvgIpc) is 2.58. The van der Waals surface area contributed by atoms with Gasteiger partial charge in [-0.3, -0.25) is 4.79 Å². The fourth-order valence-corrected chi connectivity index (χ4v) is 2.91. The van der Waals surface area contributed by atoms with Gasteiger partial charge in [0.25, 0.3) is 5.24 Å². The number of carbonyl (C=O) groups is 1. The Morgan fingerprint density at radius 3 is 2.13 bits per heavy atom. The topological polar surface area (TPSA) is 44.8 Å². The molecule has 23 heavy (non-hydrogen) atoms. The first-order valence-corrected chi connectivity index (χ1v) is 7.33. The van der Waals surface area contributed by atoms with E-state index in [4.69, 9.17) is 25.8 Å². The molecule has 0 saturated carbocycles. The van der Waals surface area contributed by atoms with Crippen molar-refractivity contribution in [2.45, 2.75) is 0 Å². The van der Waals surface area contributed by atoms with Crippen molar-refractivity contribution in [1.82, 2.24) is 0 Å². The van der Waals surface area contributed by atoms with E-state index in [1.165, 1.54) is 0 Å². The first-order valence-electron chi connectivity index (χ1n) is 6.95. The Kier molecular flexibility index (Phi) is 4.01. The van der Waals surface area contributed by atoms with Crippen LogP contribution in [0.5, 0.6) is 17.2 Å².